The van der Waals surface area contributed by atoms with Crippen molar-refractivity contribution in [3.63, 3.8) is 0 Å². The van der Waals surface area contributed by atoms with Gasteiger partial charge < -0.3 is 0 Å². The van der Waals surface area contributed by atoms with E-state index in [1.54, 1.807) is 7.14 Å². The van der Waals surface area contributed by atoms with Gasteiger partial charge in [0.15, 0.2) is 0 Å². The topological polar surface area (TPSA) is 13.1 Å². The summed E-state index contributed by atoms with van der Waals surface area (Å²) in [4.78, 5) is 0. The van der Waals surface area contributed by atoms with Crippen molar-refractivity contribution in [3.05, 3.63) is 190 Å². The van der Waals surface area contributed by atoms with Gasteiger partial charge in [-0.25, -0.2) is 0 Å². The molecule has 5 aliphatic rings. The number of para-hydroxylation sites is 1. The maximum atomic E-state index is 6.65. The SMILES string of the molecule is CC1(C)c2ccc3c(oc4ccccc43)c2-c2ccc3c(c21)-c1ccccc1I3c1ccc(C2=CC=C3c4ccccc4C4=CC=CC2C43)cc1. The van der Waals surface area contributed by atoms with Gasteiger partial charge in [0.25, 0.3) is 0 Å². The predicted octanol–water partition coefficient (Wildman–Crippen LogP) is 13.0. The first kappa shape index (κ1) is 28.5. The molecule has 6 aromatic carbocycles. The molecule has 2 heteroatoms. The molecule has 1 aliphatic heterocycles. The maximum absolute atomic E-state index is 6.65. The molecule has 0 fully saturated rings. The van der Waals surface area contributed by atoms with E-state index < -0.39 is 19.8 Å². The molecule has 12 rings (SSSR count). The molecule has 51 heavy (non-hydrogen) atoms. The molecule has 0 amide bonds. The molecule has 4 aliphatic carbocycles. The van der Waals surface area contributed by atoms with Crippen molar-refractivity contribution >= 4 is 58.5 Å². The normalized spacial score (nSPS) is 20.3. The van der Waals surface area contributed by atoms with E-state index in [1.807, 2.05) is 0 Å². The monoisotopic (exact) mass is 764 g/mol. The molecule has 2 heterocycles. The van der Waals surface area contributed by atoms with Crippen LogP contribution in [0.25, 0.3) is 60.9 Å². The standard InChI is InChI=1S/C49H33IO/c1-49(2)40-26-24-37-33-12-6-8-17-43(33)51-48(37)45(40)39-25-27-42-46(47(39)49)38-13-5-7-16-41(38)50(42)29-20-18-28(19-21-29)30-22-23-36-32-11-4-3-10-31(32)35-15-9-14-34(30)44(35)36/h3-27,34,44H,1-2H3. The quantitative estimate of drug-likeness (QED) is 0.160. The zero-order chi connectivity index (χ0) is 33.6. The average molecular weight is 765 g/mol. The van der Waals surface area contributed by atoms with Crippen molar-refractivity contribution in [2.24, 2.45) is 11.8 Å². The first-order valence-electron chi connectivity index (χ1n) is 18.0. The molecule has 0 saturated heterocycles. The van der Waals surface area contributed by atoms with E-state index in [4.69, 9.17) is 4.42 Å². The van der Waals surface area contributed by atoms with E-state index in [-0.39, 0.29) is 5.41 Å². The Bertz CT molecular complexity index is 2830. The second-order valence-electron chi connectivity index (χ2n) is 15.0. The fourth-order valence-corrected chi connectivity index (χ4v) is 16.3. The van der Waals surface area contributed by atoms with Crippen LogP contribution in [0.4, 0.5) is 0 Å². The van der Waals surface area contributed by atoms with Gasteiger partial charge >= 0.3 is 306 Å². The number of furan rings is 1. The zero-order valence-corrected chi connectivity index (χ0v) is 30.5. The minimum atomic E-state index is -1.96. The van der Waals surface area contributed by atoms with Gasteiger partial charge in [0.2, 0.25) is 0 Å². The first-order chi connectivity index (χ1) is 25.1. The molecule has 0 bridgehead atoms. The number of hydrogen-bond acceptors (Lipinski definition) is 1. The summed E-state index contributed by atoms with van der Waals surface area (Å²) in [5.41, 5.74) is 18.7. The number of halogens is 1. The van der Waals surface area contributed by atoms with Gasteiger partial charge in [0.05, 0.1) is 0 Å². The number of benzene rings is 6. The summed E-state index contributed by atoms with van der Waals surface area (Å²) in [6.07, 6.45) is 11.8. The van der Waals surface area contributed by atoms with Gasteiger partial charge in [-0.2, -0.15) is 0 Å². The number of hydrogen-bond donors (Lipinski definition) is 0. The second-order valence-corrected chi connectivity index (χ2v) is 20.2. The van der Waals surface area contributed by atoms with E-state index in [9.17, 15) is 0 Å². The molecule has 0 saturated carbocycles. The second kappa shape index (κ2) is 9.98. The Morgan fingerprint density at radius 3 is 2.14 bits per heavy atom. The Morgan fingerprint density at radius 1 is 0.569 bits per heavy atom. The third kappa shape index (κ3) is 3.61. The van der Waals surface area contributed by atoms with Crippen molar-refractivity contribution in [2.75, 3.05) is 0 Å². The summed E-state index contributed by atoms with van der Waals surface area (Å²) in [5, 5.41) is 2.39. The van der Waals surface area contributed by atoms with Crippen molar-refractivity contribution in [1.29, 1.82) is 0 Å². The fraction of sp³-hybridized carbons (Fsp3) is 0.102. The summed E-state index contributed by atoms with van der Waals surface area (Å²) >= 11 is -1.96. The van der Waals surface area contributed by atoms with Crippen LogP contribution in [-0.2, 0) is 5.41 Å². The Kier molecular flexibility index (Phi) is 5.58. The Morgan fingerprint density at radius 2 is 1.29 bits per heavy atom. The third-order valence-corrected chi connectivity index (χ3v) is 18.3. The average Bonchev–Trinajstić information content (AvgIpc) is 3.88. The Balaban J connectivity index is 0.985. The van der Waals surface area contributed by atoms with Gasteiger partial charge in [0.1, 0.15) is 0 Å². The Hall–Kier alpha value is -5.19. The van der Waals surface area contributed by atoms with Crippen molar-refractivity contribution < 1.29 is 4.42 Å². The molecule has 1 nitrogen and oxygen atoms in total. The van der Waals surface area contributed by atoms with Crippen molar-refractivity contribution in [2.45, 2.75) is 19.3 Å². The summed E-state index contributed by atoms with van der Waals surface area (Å²) in [6.45, 7) is 4.84. The van der Waals surface area contributed by atoms with Crippen LogP contribution in [0.15, 0.2) is 156 Å². The fourth-order valence-electron chi connectivity index (χ4n) is 10.0. The van der Waals surface area contributed by atoms with Gasteiger partial charge in [-0.15, -0.1) is 0 Å². The summed E-state index contributed by atoms with van der Waals surface area (Å²) in [5.74, 6) is 0.770. The molecule has 242 valence electrons. The first-order valence-corrected chi connectivity index (χ1v) is 21.2. The minimum absolute atomic E-state index is 0.146. The van der Waals surface area contributed by atoms with E-state index in [1.165, 1.54) is 81.1 Å². The summed E-state index contributed by atoms with van der Waals surface area (Å²) in [7, 11) is 0. The van der Waals surface area contributed by atoms with Crippen LogP contribution in [-0.4, -0.2) is 0 Å². The van der Waals surface area contributed by atoms with Crippen LogP contribution < -0.4 is 0 Å². The molecule has 0 radical (unpaired) electrons. The van der Waals surface area contributed by atoms with Crippen LogP contribution in [0.5, 0.6) is 0 Å². The van der Waals surface area contributed by atoms with Crippen LogP contribution >= 0.6 is 19.8 Å². The molecular formula is C49H33IO. The third-order valence-electron chi connectivity index (χ3n) is 12.2. The van der Waals surface area contributed by atoms with Gasteiger partial charge in [-0.3, -0.25) is 0 Å². The predicted molar refractivity (Wildman–Crippen MR) is 220 cm³/mol. The molecule has 2 atom stereocenters. The number of allylic oxidation sites excluding steroid dienone is 8. The molecule has 0 spiro atoms. The van der Waals surface area contributed by atoms with Crippen LogP contribution in [0, 0.1) is 22.5 Å². The van der Waals surface area contributed by atoms with Crippen LogP contribution in [0.2, 0.25) is 0 Å². The number of rotatable bonds is 2. The van der Waals surface area contributed by atoms with Crippen molar-refractivity contribution in [3.8, 4) is 22.3 Å². The molecular weight excluding hydrogens is 731 g/mol. The molecule has 7 aromatic rings. The van der Waals surface area contributed by atoms with Crippen molar-refractivity contribution in [1.82, 2.24) is 0 Å². The van der Waals surface area contributed by atoms with Gasteiger partial charge in [0, 0.05) is 0 Å². The summed E-state index contributed by atoms with van der Waals surface area (Å²) < 4.78 is 11.3. The molecule has 2 unspecified atom stereocenters. The van der Waals surface area contributed by atoms with Crippen LogP contribution in [0.1, 0.15) is 41.7 Å². The number of fused-ring (bicyclic) bond motifs is 14. The van der Waals surface area contributed by atoms with E-state index in [2.05, 4.69) is 166 Å². The van der Waals surface area contributed by atoms with E-state index in [0.717, 1.165) is 11.2 Å². The van der Waals surface area contributed by atoms with E-state index in [0.29, 0.717) is 11.8 Å². The van der Waals surface area contributed by atoms with Crippen LogP contribution in [0.3, 0.4) is 0 Å². The van der Waals surface area contributed by atoms with E-state index >= 15 is 0 Å². The zero-order valence-electron chi connectivity index (χ0n) is 28.4. The summed E-state index contributed by atoms with van der Waals surface area (Å²) in [6, 6.07) is 46.0. The van der Waals surface area contributed by atoms with Gasteiger partial charge in [-0.05, 0) is 0 Å². The molecule has 1 aromatic heterocycles. The Labute approximate surface area is 304 Å². The molecule has 0 N–H and O–H groups in total. The van der Waals surface area contributed by atoms with Gasteiger partial charge in [-0.1, -0.05) is 0 Å².